The first-order valence-corrected chi connectivity index (χ1v) is 7.18. The molecule has 100 valence electrons. The van der Waals surface area contributed by atoms with Gasteiger partial charge in [0.2, 0.25) is 2.88 Å². The van der Waals surface area contributed by atoms with Crippen LogP contribution in [0.4, 0.5) is 0 Å². The van der Waals surface area contributed by atoms with Crippen molar-refractivity contribution in [1.29, 1.82) is 0 Å². The molecule has 0 spiro atoms. The molecule has 1 unspecified atom stereocenters. The molecular formula is C12H12IN3O2S. The van der Waals surface area contributed by atoms with Crippen LogP contribution in [0.15, 0.2) is 34.1 Å². The number of azo groups is 1. The maximum atomic E-state index is 12.1. The topological polar surface area (TPSA) is 63.9 Å². The van der Waals surface area contributed by atoms with E-state index in [1.165, 1.54) is 0 Å². The number of rotatable bonds is 3. The van der Waals surface area contributed by atoms with Gasteiger partial charge in [0.05, 0.1) is 12.3 Å². The fourth-order valence-corrected chi connectivity index (χ4v) is 2.52. The molecule has 1 aromatic heterocycles. The summed E-state index contributed by atoms with van der Waals surface area (Å²) in [7, 11) is 0. The van der Waals surface area contributed by atoms with E-state index in [4.69, 9.17) is 4.74 Å². The third-order valence-corrected chi connectivity index (χ3v) is 3.62. The van der Waals surface area contributed by atoms with E-state index in [-0.39, 0.29) is 6.61 Å². The minimum atomic E-state index is -1.01. The van der Waals surface area contributed by atoms with Crippen LogP contribution < -0.4 is 0 Å². The van der Waals surface area contributed by atoms with Gasteiger partial charge in [-0.15, -0.1) is 12.6 Å². The fraction of sp³-hybridized carbons (Fsp3) is 0.333. The van der Waals surface area contributed by atoms with Gasteiger partial charge < -0.3 is 4.74 Å². The maximum absolute atomic E-state index is 12.1. The van der Waals surface area contributed by atoms with Crippen LogP contribution in [-0.2, 0) is 9.53 Å². The van der Waals surface area contributed by atoms with Gasteiger partial charge in [-0.25, -0.2) is 4.79 Å². The van der Waals surface area contributed by atoms with E-state index >= 15 is 0 Å². The third-order valence-electron chi connectivity index (χ3n) is 2.55. The molecule has 5 nitrogen and oxygen atoms in total. The number of ether oxygens (including phenoxy) is 1. The number of aromatic nitrogens is 1. The highest BCUT2D eigenvalue weighted by atomic mass is 127. The number of esters is 1. The molecule has 0 bridgehead atoms. The van der Waals surface area contributed by atoms with Gasteiger partial charge in [-0.1, -0.05) is 6.07 Å². The number of hydrogen-bond acceptors (Lipinski definition) is 6. The molecule has 1 aliphatic heterocycles. The van der Waals surface area contributed by atoms with Crippen LogP contribution in [0.2, 0.25) is 0 Å². The first-order chi connectivity index (χ1) is 8.97. The molecule has 1 atom stereocenters. The van der Waals surface area contributed by atoms with E-state index in [1.807, 2.05) is 41.6 Å². The van der Waals surface area contributed by atoms with E-state index < -0.39 is 8.85 Å². The van der Waals surface area contributed by atoms with Crippen LogP contribution in [0.1, 0.15) is 18.2 Å². The van der Waals surface area contributed by atoms with Crippen molar-refractivity contribution in [3.8, 4) is 0 Å². The Hall–Kier alpha value is -0.960. The van der Waals surface area contributed by atoms with Gasteiger partial charge in [0.25, 0.3) is 0 Å². The summed E-state index contributed by atoms with van der Waals surface area (Å²) in [4.78, 5) is 16.3. The van der Waals surface area contributed by atoms with E-state index in [1.54, 1.807) is 13.1 Å². The number of alkyl halides is 1. The average Bonchev–Trinajstić information content (AvgIpc) is 2.66. The van der Waals surface area contributed by atoms with Gasteiger partial charge >= 0.3 is 5.97 Å². The summed E-state index contributed by atoms with van der Waals surface area (Å²) < 4.78 is 4.04. The summed E-state index contributed by atoms with van der Waals surface area (Å²) in [5.41, 5.74) is 2.30. The Morgan fingerprint density at radius 3 is 2.95 bits per heavy atom. The lowest BCUT2D eigenvalue weighted by Crippen LogP contribution is -2.21. The summed E-state index contributed by atoms with van der Waals surface area (Å²) in [6.07, 6.45) is 1.65. The van der Waals surface area contributed by atoms with Crippen LogP contribution in [0, 0.1) is 6.92 Å². The first kappa shape index (κ1) is 14.4. The molecule has 2 heterocycles. The fourth-order valence-electron chi connectivity index (χ4n) is 1.70. The number of hydrogen-bond donors (Lipinski definition) is 1. The molecule has 1 aromatic rings. The monoisotopic (exact) mass is 389 g/mol. The molecule has 0 fully saturated rings. The lowest BCUT2D eigenvalue weighted by Gasteiger charge is -2.14. The number of carbonyl (C=O) groups is 1. The second-order valence-electron chi connectivity index (χ2n) is 3.90. The summed E-state index contributed by atoms with van der Waals surface area (Å²) >= 11 is 6.31. The van der Waals surface area contributed by atoms with Crippen molar-refractivity contribution in [1.82, 2.24) is 4.98 Å². The Morgan fingerprint density at radius 1 is 1.58 bits per heavy atom. The number of aryl methyl sites for hydroxylation is 1. The highest BCUT2D eigenvalue weighted by Gasteiger charge is 2.41. The van der Waals surface area contributed by atoms with Crippen molar-refractivity contribution in [3.63, 3.8) is 0 Å². The predicted molar refractivity (Wildman–Crippen MR) is 83.1 cm³/mol. The van der Waals surface area contributed by atoms with Crippen molar-refractivity contribution in [2.24, 2.45) is 10.2 Å². The number of thiol groups is 1. The molecule has 0 saturated carbocycles. The van der Waals surface area contributed by atoms with Gasteiger partial charge in [-0.3, -0.25) is 4.98 Å². The third kappa shape index (κ3) is 2.81. The van der Waals surface area contributed by atoms with Crippen LogP contribution >= 0.6 is 35.2 Å². The highest BCUT2D eigenvalue weighted by Crippen LogP contribution is 2.45. The Bertz CT molecular complexity index is 584. The smallest absolute Gasteiger partial charge is 0.340 e. The zero-order chi connectivity index (χ0) is 14.0. The SMILES string of the molecule is CCOC(=O)C1=C(c2ncccc2C)N=NC1(S)I. The van der Waals surface area contributed by atoms with Crippen LogP contribution in [0.3, 0.4) is 0 Å². The van der Waals surface area contributed by atoms with Crippen molar-refractivity contribution in [2.45, 2.75) is 16.7 Å². The van der Waals surface area contributed by atoms with Crippen molar-refractivity contribution < 1.29 is 9.53 Å². The van der Waals surface area contributed by atoms with Gasteiger partial charge in [0.1, 0.15) is 11.3 Å². The highest BCUT2D eigenvalue weighted by molar-refractivity contribution is 14.1. The summed E-state index contributed by atoms with van der Waals surface area (Å²) in [5.74, 6) is -0.461. The molecular weight excluding hydrogens is 377 g/mol. The lowest BCUT2D eigenvalue weighted by molar-refractivity contribution is -0.138. The standard InChI is InChI=1S/C12H12IN3O2S/c1-3-18-11(17)8-10(15-16-12(8,13)19)9-7(2)5-4-6-14-9/h4-6,19H,3H2,1-2H3. The predicted octanol–water partition coefficient (Wildman–Crippen LogP) is 3.15. The number of nitrogens with zero attached hydrogens (tertiary/aromatic N) is 3. The number of pyridine rings is 1. The van der Waals surface area contributed by atoms with Gasteiger partial charge in [-0.05, 0) is 48.1 Å². The normalized spacial score (nSPS) is 21.9. The second kappa shape index (κ2) is 5.58. The molecule has 19 heavy (non-hydrogen) atoms. The molecule has 2 rings (SSSR count). The van der Waals surface area contributed by atoms with Gasteiger partial charge in [0, 0.05) is 6.20 Å². The largest absolute Gasteiger partial charge is 0.462 e. The molecule has 0 saturated heterocycles. The lowest BCUT2D eigenvalue weighted by atomic mass is 10.1. The Kier molecular flexibility index (Phi) is 4.24. The molecule has 0 aromatic carbocycles. The van der Waals surface area contributed by atoms with Crippen LogP contribution in [0.25, 0.3) is 5.70 Å². The Balaban J connectivity index is 2.57. The molecule has 0 aliphatic carbocycles. The summed E-state index contributed by atoms with van der Waals surface area (Å²) in [6.45, 7) is 3.94. The van der Waals surface area contributed by atoms with Gasteiger partial charge in [-0.2, -0.15) is 10.2 Å². The van der Waals surface area contributed by atoms with Crippen molar-refractivity contribution in [3.05, 3.63) is 35.2 Å². The average molecular weight is 389 g/mol. The van der Waals surface area contributed by atoms with Crippen LogP contribution in [-0.4, -0.2) is 20.4 Å². The zero-order valence-electron chi connectivity index (χ0n) is 10.4. The summed E-state index contributed by atoms with van der Waals surface area (Å²) in [5, 5.41) is 8.07. The van der Waals surface area contributed by atoms with Crippen LogP contribution in [0.5, 0.6) is 0 Å². The minimum absolute atomic E-state index is 0.289. The van der Waals surface area contributed by atoms with E-state index in [0.29, 0.717) is 17.0 Å². The van der Waals surface area contributed by atoms with Crippen molar-refractivity contribution >= 4 is 46.9 Å². The second-order valence-corrected chi connectivity index (χ2v) is 6.96. The molecule has 0 N–H and O–H groups in total. The van der Waals surface area contributed by atoms with E-state index in [9.17, 15) is 4.79 Å². The summed E-state index contributed by atoms with van der Waals surface area (Å²) in [6, 6.07) is 3.73. The molecule has 1 aliphatic rings. The quantitative estimate of drug-likeness (QED) is 0.284. The number of halogens is 1. The zero-order valence-corrected chi connectivity index (χ0v) is 13.5. The Labute approximate surface area is 130 Å². The van der Waals surface area contributed by atoms with E-state index in [0.717, 1.165) is 5.56 Å². The Morgan fingerprint density at radius 2 is 2.32 bits per heavy atom. The number of carbonyl (C=O) groups excluding carboxylic acids is 1. The first-order valence-electron chi connectivity index (χ1n) is 5.65. The maximum Gasteiger partial charge on any atom is 0.340 e. The van der Waals surface area contributed by atoms with Crippen molar-refractivity contribution in [2.75, 3.05) is 6.61 Å². The van der Waals surface area contributed by atoms with Gasteiger partial charge in [0.15, 0.2) is 0 Å². The molecule has 7 heteroatoms. The minimum Gasteiger partial charge on any atom is -0.462 e. The molecule has 0 amide bonds. The molecule has 0 radical (unpaired) electrons. The van der Waals surface area contributed by atoms with E-state index in [2.05, 4.69) is 27.8 Å².